The van der Waals surface area contributed by atoms with Crippen molar-refractivity contribution in [3.05, 3.63) is 47.1 Å². The Bertz CT molecular complexity index is 1030. The van der Waals surface area contributed by atoms with Gasteiger partial charge in [-0.1, -0.05) is 11.6 Å². The predicted octanol–water partition coefficient (Wildman–Crippen LogP) is 1.81. The zero-order valence-corrected chi connectivity index (χ0v) is 21.0. The van der Waals surface area contributed by atoms with Gasteiger partial charge in [-0.15, -0.1) is 0 Å². The van der Waals surface area contributed by atoms with E-state index in [-0.39, 0.29) is 0 Å². The number of fused-ring (bicyclic) bond motifs is 1. The number of nitrogens with zero attached hydrogens (tertiary/aromatic N) is 8. The molecule has 0 aromatic carbocycles. The number of likely N-dealkylation sites (N-methyl/N-ethyl adjacent to an activating group) is 2. The van der Waals surface area contributed by atoms with E-state index in [0.29, 0.717) is 48.4 Å². The number of amides is 2. The zero-order valence-electron chi connectivity index (χ0n) is 20.3. The quantitative estimate of drug-likeness (QED) is 0.599. The summed E-state index contributed by atoms with van der Waals surface area (Å²) in [5.41, 5.74) is 0.792. The topological polar surface area (TPSA) is 107 Å². The van der Waals surface area contributed by atoms with Crippen LogP contribution in [0.4, 0.5) is 15.4 Å². The standard InChI is InChI=1S/C23H29ClN8O4/c1-28-7-11-30(12-8-28)22(33)35-20-18-19(26-6-5-25-18)21(32(20)17-4-3-16(24)15-27-17)36-23(34)31-13-9-29(2)10-14-31/h3-6,15,20-21H,7-14H2,1-2H3. The largest absolute Gasteiger partial charge is 0.419 e. The number of hydrogen-bond donors (Lipinski definition) is 0. The molecule has 3 aliphatic rings. The highest BCUT2D eigenvalue weighted by Crippen LogP contribution is 2.44. The smallest absolute Gasteiger partial charge is 0.412 e. The van der Waals surface area contributed by atoms with E-state index >= 15 is 0 Å². The fourth-order valence-corrected chi connectivity index (χ4v) is 4.54. The van der Waals surface area contributed by atoms with Crippen molar-refractivity contribution in [1.29, 1.82) is 0 Å². The number of hydrogen-bond acceptors (Lipinski definition) is 10. The molecule has 2 unspecified atom stereocenters. The number of anilines is 1. The van der Waals surface area contributed by atoms with Crippen LogP contribution in [0, 0.1) is 0 Å². The third-order valence-electron chi connectivity index (χ3n) is 6.65. The molecule has 36 heavy (non-hydrogen) atoms. The van der Waals surface area contributed by atoms with E-state index in [1.807, 2.05) is 14.1 Å². The van der Waals surface area contributed by atoms with E-state index in [0.717, 1.165) is 26.2 Å². The van der Waals surface area contributed by atoms with Gasteiger partial charge in [-0.05, 0) is 26.2 Å². The molecule has 2 fully saturated rings. The molecular formula is C23H29ClN8O4. The maximum atomic E-state index is 13.2. The monoisotopic (exact) mass is 516 g/mol. The summed E-state index contributed by atoms with van der Waals surface area (Å²) in [7, 11) is 4.03. The fourth-order valence-electron chi connectivity index (χ4n) is 4.43. The molecule has 0 aliphatic carbocycles. The lowest BCUT2D eigenvalue weighted by Crippen LogP contribution is -2.49. The van der Waals surface area contributed by atoms with Gasteiger partial charge in [0.2, 0.25) is 12.5 Å². The number of halogens is 1. The lowest BCUT2D eigenvalue weighted by molar-refractivity contribution is 0.0182. The number of carbonyl (C=O) groups excluding carboxylic acids is 2. The Kier molecular flexibility index (Phi) is 7.08. The van der Waals surface area contributed by atoms with Crippen molar-refractivity contribution in [3.63, 3.8) is 0 Å². The molecule has 2 amide bonds. The fraction of sp³-hybridized carbons (Fsp3) is 0.522. The first kappa shape index (κ1) is 24.5. The van der Waals surface area contributed by atoms with E-state index in [2.05, 4.69) is 24.8 Å². The first-order valence-electron chi connectivity index (χ1n) is 11.9. The molecular weight excluding hydrogens is 488 g/mol. The molecule has 0 radical (unpaired) electrons. The van der Waals surface area contributed by atoms with Gasteiger partial charge >= 0.3 is 12.2 Å². The second kappa shape index (κ2) is 10.4. The number of carbonyl (C=O) groups is 2. The van der Waals surface area contributed by atoms with Crippen LogP contribution in [-0.2, 0) is 9.47 Å². The van der Waals surface area contributed by atoms with Crippen LogP contribution in [0.1, 0.15) is 23.8 Å². The van der Waals surface area contributed by atoms with Crippen molar-refractivity contribution in [1.82, 2.24) is 34.6 Å². The maximum absolute atomic E-state index is 13.2. The average Bonchev–Trinajstić information content (AvgIpc) is 3.18. The zero-order chi connectivity index (χ0) is 25.2. The Hall–Kier alpha value is -3.22. The van der Waals surface area contributed by atoms with Gasteiger partial charge in [0.15, 0.2) is 0 Å². The number of pyridine rings is 1. The summed E-state index contributed by atoms with van der Waals surface area (Å²) in [6.45, 7) is 5.22. The summed E-state index contributed by atoms with van der Waals surface area (Å²) in [5, 5.41) is 0.448. The molecule has 2 atom stereocenters. The average molecular weight is 517 g/mol. The van der Waals surface area contributed by atoms with Gasteiger partial charge in [0, 0.05) is 70.9 Å². The Balaban J connectivity index is 1.44. The molecule has 2 aromatic rings. The van der Waals surface area contributed by atoms with Gasteiger partial charge in [0.25, 0.3) is 0 Å². The highest BCUT2D eigenvalue weighted by Gasteiger charge is 2.47. The maximum Gasteiger partial charge on any atom is 0.412 e. The minimum absolute atomic E-state index is 0.396. The molecule has 3 aliphatic heterocycles. The summed E-state index contributed by atoms with van der Waals surface area (Å²) in [6, 6.07) is 3.36. The Morgan fingerprint density at radius 2 is 1.25 bits per heavy atom. The van der Waals surface area contributed by atoms with Crippen LogP contribution < -0.4 is 4.90 Å². The third kappa shape index (κ3) is 5.01. The van der Waals surface area contributed by atoms with Gasteiger partial charge < -0.3 is 29.1 Å². The number of aromatic nitrogens is 3. The van der Waals surface area contributed by atoms with Crippen molar-refractivity contribution in [2.45, 2.75) is 12.5 Å². The molecule has 0 spiro atoms. The van der Waals surface area contributed by atoms with Gasteiger partial charge in [0.1, 0.15) is 17.2 Å². The van der Waals surface area contributed by atoms with Crippen molar-refractivity contribution < 1.29 is 19.1 Å². The van der Waals surface area contributed by atoms with E-state index in [4.69, 9.17) is 21.1 Å². The second-order valence-electron chi connectivity index (χ2n) is 9.12. The van der Waals surface area contributed by atoms with Crippen LogP contribution >= 0.6 is 11.6 Å². The number of ether oxygens (including phenoxy) is 2. The highest BCUT2D eigenvalue weighted by molar-refractivity contribution is 6.30. The molecule has 12 nitrogen and oxygen atoms in total. The SMILES string of the molecule is CN1CCN(C(=O)OC2c3nccnc3C(OC(=O)N3CCN(C)CC3)N2c2ccc(Cl)cn2)CC1. The first-order chi connectivity index (χ1) is 17.4. The summed E-state index contributed by atoms with van der Waals surface area (Å²) < 4.78 is 12.0. The van der Waals surface area contributed by atoms with Gasteiger partial charge in [-0.25, -0.2) is 14.6 Å². The van der Waals surface area contributed by atoms with Crippen LogP contribution in [0.15, 0.2) is 30.7 Å². The van der Waals surface area contributed by atoms with E-state index in [1.54, 1.807) is 26.8 Å². The summed E-state index contributed by atoms with van der Waals surface area (Å²) in [6.07, 6.45) is 1.60. The predicted molar refractivity (Wildman–Crippen MR) is 130 cm³/mol. The second-order valence-corrected chi connectivity index (χ2v) is 9.56. The molecule has 5 rings (SSSR count). The number of rotatable bonds is 3. The van der Waals surface area contributed by atoms with Crippen LogP contribution in [-0.4, -0.2) is 113 Å². The summed E-state index contributed by atoms with van der Waals surface area (Å²) in [5.74, 6) is 0.409. The van der Waals surface area contributed by atoms with Crippen molar-refractivity contribution in [2.75, 3.05) is 71.4 Å². The molecule has 5 heterocycles. The van der Waals surface area contributed by atoms with Crippen LogP contribution in [0.2, 0.25) is 5.02 Å². The molecule has 0 saturated carbocycles. The minimum atomic E-state index is -0.986. The van der Waals surface area contributed by atoms with E-state index < -0.39 is 24.6 Å². The van der Waals surface area contributed by atoms with Crippen molar-refractivity contribution >= 4 is 29.6 Å². The van der Waals surface area contributed by atoms with Crippen molar-refractivity contribution in [3.8, 4) is 0 Å². The van der Waals surface area contributed by atoms with Crippen molar-refractivity contribution in [2.24, 2.45) is 0 Å². The first-order valence-corrected chi connectivity index (χ1v) is 12.3. The molecule has 2 aromatic heterocycles. The molecule has 13 heteroatoms. The van der Waals surface area contributed by atoms with Gasteiger partial charge in [0.05, 0.1) is 5.02 Å². The Labute approximate surface area is 214 Å². The summed E-state index contributed by atoms with van der Waals surface area (Å²) in [4.78, 5) is 48.9. The van der Waals surface area contributed by atoms with Crippen LogP contribution in [0.5, 0.6) is 0 Å². The Morgan fingerprint density at radius 1 is 0.778 bits per heavy atom. The van der Waals surface area contributed by atoms with Gasteiger partial charge in [-0.2, -0.15) is 0 Å². The minimum Gasteiger partial charge on any atom is -0.419 e. The molecule has 0 N–H and O–H groups in total. The Morgan fingerprint density at radius 3 is 1.67 bits per heavy atom. The summed E-state index contributed by atoms with van der Waals surface area (Å²) >= 11 is 6.08. The molecule has 2 saturated heterocycles. The van der Waals surface area contributed by atoms with E-state index in [1.165, 1.54) is 18.6 Å². The lowest BCUT2D eigenvalue weighted by atomic mass is 10.3. The normalized spacial score (nSPS) is 22.9. The lowest BCUT2D eigenvalue weighted by Gasteiger charge is -2.35. The van der Waals surface area contributed by atoms with Crippen LogP contribution in [0.3, 0.4) is 0 Å². The van der Waals surface area contributed by atoms with Gasteiger partial charge in [-0.3, -0.25) is 14.9 Å². The van der Waals surface area contributed by atoms with E-state index in [9.17, 15) is 9.59 Å². The highest BCUT2D eigenvalue weighted by atomic mass is 35.5. The molecule has 0 bridgehead atoms. The number of piperazine rings is 2. The third-order valence-corrected chi connectivity index (χ3v) is 6.88. The van der Waals surface area contributed by atoms with Crippen LogP contribution in [0.25, 0.3) is 0 Å². The molecule has 192 valence electrons.